The Hall–Kier alpha value is -1.97. The number of hydrogen-bond acceptors (Lipinski definition) is 3. The predicted octanol–water partition coefficient (Wildman–Crippen LogP) is 2.98. The van der Waals surface area contributed by atoms with Crippen LogP contribution in [-0.4, -0.2) is 23.0 Å². The summed E-state index contributed by atoms with van der Waals surface area (Å²) in [6.45, 7) is 5.96. The summed E-state index contributed by atoms with van der Waals surface area (Å²) in [4.78, 5) is 0. The number of aromatic nitrogens is 2. The van der Waals surface area contributed by atoms with E-state index in [4.69, 9.17) is 9.47 Å². The summed E-state index contributed by atoms with van der Waals surface area (Å²) < 4.78 is 12.8. The lowest BCUT2D eigenvalue weighted by atomic mass is 10.3. The van der Waals surface area contributed by atoms with Crippen LogP contribution >= 0.6 is 0 Å². The fourth-order valence-electron chi connectivity index (χ4n) is 1.79. The fourth-order valence-corrected chi connectivity index (χ4v) is 1.79. The molecule has 0 aliphatic carbocycles. The molecule has 4 nitrogen and oxygen atoms in total. The van der Waals surface area contributed by atoms with Crippen molar-refractivity contribution < 1.29 is 9.47 Å². The molecule has 0 unspecified atom stereocenters. The van der Waals surface area contributed by atoms with Crippen molar-refractivity contribution in [3.8, 4) is 17.3 Å². The molecule has 18 heavy (non-hydrogen) atoms. The summed E-state index contributed by atoms with van der Waals surface area (Å²) in [6.07, 6.45) is 0.116. The van der Waals surface area contributed by atoms with Crippen molar-refractivity contribution in [3.05, 3.63) is 36.0 Å². The third-order valence-corrected chi connectivity index (χ3v) is 2.53. The largest absolute Gasteiger partial charge is 0.494 e. The molecule has 0 aliphatic rings. The number of aryl methyl sites for hydroxylation is 1. The number of benzene rings is 1. The number of ether oxygens (including phenoxy) is 2. The maximum absolute atomic E-state index is 5.60. The molecule has 2 aromatic rings. The number of nitrogens with zero attached hydrogens (tertiary/aromatic N) is 2. The number of para-hydroxylation sites is 2. The highest BCUT2D eigenvalue weighted by Crippen LogP contribution is 2.25. The molecule has 2 rings (SSSR count). The molecular formula is C14H18N2O2. The van der Waals surface area contributed by atoms with Crippen molar-refractivity contribution >= 4 is 0 Å². The van der Waals surface area contributed by atoms with Crippen LogP contribution in [0.4, 0.5) is 0 Å². The Bertz CT molecular complexity index is 532. The molecule has 4 heteroatoms. The first-order valence-electron chi connectivity index (χ1n) is 5.98. The highest BCUT2D eigenvalue weighted by atomic mass is 16.5. The van der Waals surface area contributed by atoms with Crippen LogP contribution in [0.1, 0.15) is 19.5 Å². The first-order valence-corrected chi connectivity index (χ1v) is 5.98. The molecular weight excluding hydrogens is 228 g/mol. The molecule has 0 fully saturated rings. The Kier molecular flexibility index (Phi) is 3.55. The molecule has 0 radical (unpaired) electrons. The Morgan fingerprint density at radius 3 is 2.61 bits per heavy atom. The van der Waals surface area contributed by atoms with Crippen molar-refractivity contribution in [2.45, 2.75) is 26.9 Å². The maximum Gasteiger partial charge on any atom is 0.233 e. The van der Waals surface area contributed by atoms with E-state index in [9.17, 15) is 0 Å². The van der Waals surface area contributed by atoms with Gasteiger partial charge < -0.3 is 9.47 Å². The van der Waals surface area contributed by atoms with Gasteiger partial charge in [-0.2, -0.15) is 0 Å². The van der Waals surface area contributed by atoms with E-state index in [0.717, 1.165) is 17.1 Å². The summed E-state index contributed by atoms with van der Waals surface area (Å²) >= 11 is 0. The zero-order chi connectivity index (χ0) is 13.1. The van der Waals surface area contributed by atoms with Gasteiger partial charge in [0.25, 0.3) is 0 Å². The summed E-state index contributed by atoms with van der Waals surface area (Å²) in [7, 11) is 1.66. The van der Waals surface area contributed by atoms with Crippen LogP contribution in [0.2, 0.25) is 0 Å². The average molecular weight is 246 g/mol. The van der Waals surface area contributed by atoms with E-state index in [0.29, 0.717) is 5.88 Å². The van der Waals surface area contributed by atoms with Gasteiger partial charge >= 0.3 is 0 Å². The van der Waals surface area contributed by atoms with Gasteiger partial charge in [0.2, 0.25) is 5.88 Å². The summed E-state index contributed by atoms with van der Waals surface area (Å²) in [6, 6.07) is 9.71. The highest BCUT2D eigenvalue weighted by molar-refractivity contribution is 5.47. The molecule has 0 spiro atoms. The van der Waals surface area contributed by atoms with Gasteiger partial charge in [-0.05, 0) is 32.9 Å². The maximum atomic E-state index is 5.60. The van der Waals surface area contributed by atoms with E-state index in [1.54, 1.807) is 7.11 Å². The number of hydrogen-bond donors (Lipinski definition) is 0. The lowest BCUT2D eigenvalue weighted by molar-refractivity contribution is 0.231. The SMILES string of the molecule is COc1ccccc1-n1nc(OC(C)C)cc1C. The molecule has 1 aromatic heterocycles. The predicted molar refractivity (Wildman–Crippen MR) is 70.6 cm³/mol. The van der Waals surface area contributed by atoms with Gasteiger partial charge in [0.15, 0.2) is 0 Å². The lowest BCUT2D eigenvalue weighted by Crippen LogP contribution is -2.07. The minimum absolute atomic E-state index is 0.116. The van der Waals surface area contributed by atoms with E-state index < -0.39 is 0 Å². The zero-order valence-electron chi connectivity index (χ0n) is 11.2. The Balaban J connectivity index is 2.41. The normalized spacial score (nSPS) is 10.7. The fraction of sp³-hybridized carbons (Fsp3) is 0.357. The van der Waals surface area contributed by atoms with Crippen LogP contribution in [0.15, 0.2) is 30.3 Å². The van der Waals surface area contributed by atoms with Crippen LogP contribution in [0.5, 0.6) is 11.6 Å². The summed E-state index contributed by atoms with van der Waals surface area (Å²) in [5.41, 5.74) is 1.92. The second-order valence-electron chi connectivity index (χ2n) is 4.37. The monoisotopic (exact) mass is 246 g/mol. The van der Waals surface area contributed by atoms with Gasteiger partial charge in [-0.3, -0.25) is 0 Å². The summed E-state index contributed by atoms with van der Waals surface area (Å²) in [5, 5.41) is 4.44. The van der Waals surface area contributed by atoms with Crippen molar-refractivity contribution in [1.29, 1.82) is 0 Å². The zero-order valence-corrected chi connectivity index (χ0v) is 11.2. The lowest BCUT2D eigenvalue weighted by Gasteiger charge is -2.09. The van der Waals surface area contributed by atoms with E-state index in [1.807, 2.05) is 55.8 Å². The Labute approximate surface area is 107 Å². The van der Waals surface area contributed by atoms with Gasteiger partial charge in [-0.1, -0.05) is 12.1 Å². The summed E-state index contributed by atoms with van der Waals surface area (Å²) in [5.74, 6) is 1.42. The van der Waals surface area contributed by atoms with E-state index in [1.165, 1.54) is 0 Å². The molecule has 0 amide bonds. The molecule has 0 N–H and O–H groups in total. The van der Waals surface area contributed by atoms with Gasteiger partial charge in [0, 0.05) is 11.8 Å². The smallest absolute Gasteiger partial charge is 0.233 e. The Morgan fingerprint density at radius 1 is 1.22 bits per heavy atom. The molecule has 0 bridgehead atoms. The van der Waals surface area contributed by atoms with Crippen molar-refractivity contribution in [2.24, 2.45) is 0 Å². The molecule has 0 aliphatic heterocycles. The van der Waals surface area contributed by atoms with Gasteiger partial charge in [-0.15, -0.1) is 5.10 Å². The van der Waals surface area contributed by atoms with E-state index in [-0.39, 0.29) is 6.10 Å². The van der Waals surface area contributed by atoms with E-state index >= 15 is 0 Å². The highest BCUT2D eigenvalue weighted by Gasteiger charge is 2.11. The molecule has 1 heterocycles. The van der Waals surface area contributed by atoms with Crippen LogP contribution < -0.4 is 9.47 Å². The van der Waals surface area contributed by atoms with Gasteiger partial charge in [-0.25, -0.2) is 4.68 Å². The second-order valence-corrected chi connectivity index (χ2v) is 4.37. The van der Waals surface area contributed by atoms with Crippen LogP contribution in [0.3, 0.4) is 0 Å². The van der Waals surface area contributed by atoms with Crippen LogP contribution in [0.25, 0.3) is 5.69 Å². The third-order valence-electron chi connectivity index (χ3n) is 2.53. The van der Waals surface area contributed by atoms with E-state index in [2.05, 4.69) is 5.10 Å². The third kappa shape index (κ3) is 2.47. The van der Waals surface area contributed by atoms with Crippen molar-refractivity contribution in [2.75, 3.05) is 7.11 Å². The van der Waals surface area contributed by atoms with Gasteiger partial charge in [0.05, 0.1) is 13.2 Å². The van der Waals surface area contributed by atoms with Gasteiger partial charge in [0.1, 0.15) is 11.4 Å². The molecule has 1 aromatic carbocycles. The van der Waals surface area contributed by atoms with Crippen molar-refractivity contribution in [3.63, 3.8) is 0 Å². The minimum Gasteiger partial charge on any atom is -0.494 e. The number of rotatable bonds is 4. The standard InChI is InChI=1S/C14H18N2O2/c1-10(2)18-14-9-11(3)16(15-14)12-7-5-6-8-13(12)17-4/h5-10H,1-4H3. The topological polar surface area (TPSA) is 36.3 Å². The second kappa shape index (κ2) is 5.12. The first kappa shape index (κ1) is 12.5. The minimum atomic E-state index is 0.116. The van der Waals surface area contributed by atoms with Crippen LogP contribution in [0, 0.1) is 6.92 Å². The molecule has 96 valence electrons. The average Bonchev–Trinajstić information content (AvgIpc) is 2.69. The van der Waals surface area contributed by atoms with Crippen molar-refractivity contribution in [1.82, 2.24) is 9.78 Å². The first-order chi connectivity index (χ1) is 8.61. The molecule has 0 atom stereocenters. The van der Waals surface area contributed by atoms with Crippen LogP contribution in [-0.2, 0) is 0 Å². The molecule has 0 saturated heterocycles. The number of methoxy groups -OCH3 is 1. The quantitative estimate of drug-likeness (QED) is 0.832. The molecule has 0 saturated carbocycles. The Morgan fingerprint density at radius 2 is 1.94 bits per heavy atom.